The van der Waals surface area contributed by atoms with Crippen LogP contribution in [0.15, 0.2) is 70.5 Å². The molecule has 3 saturated heterocycles. The monoisotopic (exact) mass is 1440 g/mol. The van der Waals surface area contributed by atoms with E-state index in [-0.39, 0.29) is 68.8 Å². The fourth-order valence-electron chi connectivity index (χ4n) is 10.8. The van der Waals surface area contributed by atoms with Crippen molar-refractivity contribution in [2.24, 2.45) is 11.8 Å². The van der Waals surface area contributed by atoms with Crippen molar-refractivity contribution in [1.29, 1.82) is 0 Å². The third kappa shape index (κ3) is 24.0. The van der Waals surface area contributed by atoms with Crippen molar-refractivity contribution in [1.82, 2.24) is 33.3 Å². The van der Waals surface area contributed by atoms with Crippen molar-refractivity contribution < 1.29 is 80.0 Å². The lowest BCUT2D eigenvalue weighted by Crippen LogP contribution is -2.42. The first-order chi connectivity index (χ1) is 44.9. The third-order valence-corrected chi connectivity index (χ3v) is 20.3. The molecule has 14 atom stereocenters. The minimum atomic E-state index is -2.75. The number of aliphatic hydroxyl groups is 1. The summed E-state index contributed by atoms with van der Waals surface area (Å²) in [6.07, 6.45) is -4.27. The SMILES string of the molecule is COCCO[C@@H]1[C@H](C)[C@@H](/C(=C/P(C)(C)=O)OC)O[C@H]1n1cc(C)c(=O)[nH]c1=O.COCCO[C@@H]1[C@H](C)[C@@H]([C@H](O)CP(C)(C)=O)O[C@H]1n1cc(C)c(=O)[nH]c1=O.[C-]#[N+]CCOP(O[C@H]1[C@@H](OCCOC)[C@H](n2cc(C)c(=O)[nH]c2=O)O[C@@H]1/C(=C/P(C)(C)=O)OC)N(C(C)C)C(C)C. The quantitative estimate of drug-likeness (QED) is 0.0261. The maximum atomic E-state index is 13.0. The van der Waals surface area contributed by atoms with Gasteiger partial charge in [0.05, 0.1) is 73.2 Å². The van der Waals surface area contributed by atoms with Crippen LogP contribution >= 0.6 is 30.0 Å². The number of rotatable bonds is 32. The van der Waals surface area contributed by atoms with E-state index in [4.69, 9.17) is 67.7 Å². The normalized spacial score (nSPS) is 24.7. The number of H-pyrrole nitrogens is 3. The molecule has 0 spiro atoms. The van der Waals surface area contributed by atoms with Crippen LogP contribution in [0.2, 0.25) is 0 Å². The van der Waals surface area contributed by atoms with E-state index in [1.807, 2.05) is 41.5 Å². The van der Waals surface area contributed by atoms with Gasteiger partial charge in [-0.25, -0.2) is 25.6 Å². The van der Waals surface area contributed by atoms with E-state index in [2.05, 4.69) is 24.5 Å². The molecule has 96 heavy (non-hydrogen) atoms. The van der Waals surface area contributed by atoms with Crippen molar-refractivity contribution in [3.05, 3.63) is 132 Å². The van der Waals surface area contributed by atoms with Gasteiger partial charge in [-0.2, -0.15) is 0 Å². The molecular formula is C61H102N8O23P4. The first kappa shape index (κ1) is 83.6. The topological polar surface area (TPSA) is 364 Å². The van der Waals surface area contributed by atoms with Crippen LogP contribution in [0.3, 0.4) is 0 Å². The molecule has 35 heteroatoms. The molecule has 3 aliphatic heterocycles. The third-order valence-electron chi connectivity index (χ3n) is 15.2. The van der Waals surface area contributed by atoms with Gasteiger partial charge in [-0.15, -0.1) is 0 Å². The van der Waals surface area contributed by atoms with E-state index in [1.54, 1.807) is 80.8 Å². The number of aromatic amines is 3. The van der Waals surface area contributed by atoms with Gasteiger partial charge in [0, 0.05) is 98.3 Å². The Hall–Kier alpha value is -4.79. The van der Waals surface area contributed by atoms with Crippen molar-refractivity contribution in [3.63, 3.8) is 0 Å². The zero-order valence-electron chi connectivity index (χ0n) is 58.9. The van der Waals surface area contributed by atoms with Crippen LogP contribution in [-0.4, -0.2) is 234 Å². The second kappa shape index (κ2) is 38.1. The molecule has 6 rings (SSSR count). The number of aromatic nitrogens is 6. The summed E-state index contributed by atoms with van der Waals surface area (Å²) in [5.41, 5.74) is -2.28. The molecular weight excluding hydrogens is 1340 g/mol. The highest BCUT2D eigenvalue weighted by molar-refractivity contribution is 7.65. The van der Waals surface area contributed by atoms with Crippen molar-refractivity contribution in [2.75, 3.05) is 134 Å². The molecule has 3 fully saturated rings. The van der Waals surface area contributed by atoms with Crippen LogP contribution in [0.4, 0.5) is 0 Å². The highest BCUT2D eigenvalue weighted by Gasteiger charge is 2.53. The fraction of sp³-hybridized carbons (Fsp3) is 0.721. The molecule has 0 aliphatic carbocycles. The average molecular weight is 1440 g/mol. The van der Waals surface area contributed by atoms with Gasteiger partial charge in [0.25, 0.3) is 25.2 Å². The van der Waals surface area contributed by atoms with E-state index in [0.717, 1.165) is 0 Å². The first-order valence-electron chi connectivity index (χ1n) is 31.2. The molecule has 0 radical (unpaired) electrons. The minimum Gasteiger partial charge on any atom is -0.498 e. The average Bonchev–Trinajstić information content (AvgIpc) is 1.65. The highest BCUT2D eigenvalue weighted by atomic mass is 31.2. The Kier molecular flexibility index (Phi) is 33.2. The summed E-state index contributed by atoms with van der Waals surface area (Å²) in [4.78, 5) is 83.4. The number of ether oxygens (including phenoxy) is 11. The number of aliphatic hydroxyl groups excluding tert-OH is 1. The van der Waals surface area contributed by atoms with Crippen molar-refractivity contribution >= 4 is 30.0 Å². The van der Waals surface area contributed by atoms with Crippen molar-refractivity contribution in [2.45, 2.75) is 142 Å². The van der Waals surface area contributed by atoms with Crippen LogP contribution in [0.25, 0.3) is 4.85 Å². The number of methoxy groups -OCH3 is 5. The fourth-order valence-corrected chi connectivity index (χ4v) is 15.4. The molecule has 0 bridgehead atoms. The first-order valence-corrected chi connectivity index (χ1v) is 40.4. The highest BCUT2D eigenvalue weighted by Crippen LogP contribution is 2.53. The molecule has 0 aromatic carbocycles. The Morgan fingerprint density at radius 3 is 1.34 bits per heavy atom. The summed E-state index contributed by atoms with van der Waals surface area (Å²) in [7, 11) is -1.92. The van der Waals surface area contributed by atoms with Gasteiger partial charge in [0.15, 0.2) is 18.7 Å². The number of aryl methyl sites for hydroxylation is 3. The van der Waals surface area contributed by atoms with Crippen LogP contribution < -0.4 is 33.7 Å². The molecule has 3 aromatic heterocycles. The van der Waals surface area contributed by atoms with E-state index < -0.39 is 131 Å². The second-order valence-corrected chi connectivity index (χ2v) is 36.5. The number of hydrogen-bond acceptors (Lipinski definition) is 24. The molecule has 544 valence electrons. The Bertz CT molecular complexity index is 3610. The lowest BCUT2D eigenvalue weighted by atomic mass is 9.97. The molecule has 3 aromatic rings. The van der Waals surface area contributed by atoms with Gasteiger partial charge in [-0.1, -0.05) is 13.8 Å². The maximum Gasteiger partial charge on any atom is 0.330 e. The Balaban J connectivity index is 0.000000316. The van der Waals surface area contributed by atoms with Gasteiger partial charge in [0.2, 0.25) is 6.54 Å². The Morgan fingerprint density at radius 2 is 0.969 bits per heavy atom. The van der Waals surface area contributed by atoms with Gasteiger partial charge < -0.3 is 84.8 Å². The summed E-state index contributed by atoms with van der Waals surface area (Å²) < 4.78 is 119. The van der Waals surface area contributed by atoms with Gasteiger partial charge >= 0.3 is 17.1 Å². The number of nitrogens with one attached hydrogen (secondary N) is 3. The zero-order valence-corrected chi connectivity index (χ0v) is 62.4. The minimum absolute atomic E-state index is 0.0203. The van der Waals surface area contributed by atoms with Gasteiger partial charge in [-0.3, -0.25) is 43.0 Å². The lowest BCUT2D eigenvalue weighted by molar-refractivity contribution is -0.0898. The van der Waals surface area contributed by atoms with E-state index in [0.29, 0.717) is 42.3 Å². The number of nitrogens with zero attached hydrogens (tertiary/aromatic N) is 5. The summed E-state index contributed by atoms with van der Waals surface area (Å²) in [6.45, 7) is 35.5. The predicted octanol–water partition coefficient (Wildman–Crippen LogP) is 5.47. The van der Waals surface area contributed by atoms with Crippen LogP contribution in [0, 0.1) is 39.2 Å². The predicted molar refractivity (Wildman–Crippen MR) is 364 cm³/mol. The largest absolute Gasteiger partial charge is 0.498 e. The van der Waals surface area contributed by atoms with Gasteiger partial charge in [0.1, 0.15) is 69.0 Å². The molecule has 1 unspecified atom stereocenters. The van der Waals surface area contributed by atoms with Crippen LogP contribution in [0.5, 0.6) is 0 Å². The second-order valence-electron chi connectivity index (χ2n) is 25.3. The molecule has 6 heterocycles. The summed E-state index contributed by atoms with van der Waals surface area (Å²) in [6, 6.07) is 0.0405. The molecule has 31 nitrogen and oxygen atoms in total. The summed E-state index contributed by atoms with van der Waals surface area (Å²) in [5, 5.41) is 10.6. The van der Waals surface area contributed by atoms with Gasteiger partial charge in [-0.05, 0) is 88.5 Å². The molecule has 0 amide bonds. The Labute approximate surface area is 561 Å². The maximum absolute atomic E-state index is 13.0. The molecule has 4 N–H and O–H groups in total. The molecule has 0 saturated carbocycles. The zero-order chi connectivity index (χ0) is 72.3. The summed E-state index contributed by atoms with van der Waals surface area (Å²) in [5.74, 6) is 3.28. The van der Waals surface area contributed by atoms with E-state index >= 15 is 0 Å². The van der Waals surface area contributed by atoms with Crippen LogP contribution in [-0.2, 0) is 74.8 Å². The standard InChI is InChI=1S/C26H44N4O9P2.C18H29N2O7P.C17H29N2O7P/c1-17(2)30(18(3)4)40(37-12-11-27-6)39-22-21(20(35-8)16-41(9,10)33)38-25(23(22)36-14-13-34-7)29-15-19(5)24(31)28-26(29)32;1-11-9-20(18(22)19-16(11)21)17-15(26-8-7-24-3)12(2)14(27-17)13(25-4)10-28(5,6)23;1-10-8-19(17(22)18-15(10)21)16-14(25-7-6-24-3)11(2)13(26-16)12(20)9-27(4,5)23/h15-18,21-23,25H,11-14H2,1-5,7-10H3,(H,28,31,32);9-10,12,14-15,17H,7-8H2,1-6H3,(H,19,21,22);8,11-14,16,20H,6-7,9H2,1-5H3,(H,18,21,22)/b20-16-;13-10-;/t21-,22-,23-,25-,40?;12-,14+,15-,17-;11-,12-,13+,14-,16-/m111/s1. The lowest BCUT2D eigenvalue weighted by Gasteiger charge is -2.38. The smallest absolute Gasteiger partial charge is 0.330 e. The number of hydrogen-bond donors (Lipinski definition) is 4. The molecule has 3 aliphatic rings. The Morgan fingerprint density at radius 1 is 0.594 bits per heavy atom. The summed E-state index contributed by atoms with van der Waals surface area (Å²) >= 11 is 0. The van der Waals surface area contributed by atoms with E-state index in [9.17, 15) is 47.6 Å². The van der Waals surface area contributed by atoms with Crippen LogP contribution in [0.1, 0.15) is 76.9 Å². The van der Waals surface area contributed by atoms with Crippen molar-refractivity contribution in [3.8, 4) is 0 Å². The van der Waals surface area contributed by atoms with E-state index in [1.165, 1.54) is 59.4 Å².